The van der Waals surface area contributed by atoms with Crippen LogP contribution in [0.15, 0.2) is 164 Å². The van der Waals surface area contributed by atoms with Gasteiger partial charge in [-0.15, -0.1) is 6.58 Å². The molecule has 5 aromatic carbocycles. The Morgan fingerprint density at radius 3 is 0.935 bits per heavy atom. The summed E-state index contributed by atoms with van der Waals surface area (Å²) in [4.78, 5) is 24.7. The lowest BCUT2D eigenvalue weighted by molar-refractivity contribution is -0.124. The van der Waals surface area contributed by atoms with Gasteiger partial charge in [-0.05, 0) is 48.6 Å². The second kappa shape index (κ2) is 37.7. The predicted molar refractivity (Wildman–Crippen MR) is 293 cm³/mol. The first-order valence-electron chi connectivity index (χ1n) is 26.2. The van der Waals surface area contributed by atoms with Crippen LogP contribution in [0, 0.1) is 0 Å². The maximum Gasteiger partial charge on any atom is 0.407 e. The van der Waals surface area contributed by atoms with E-state index >= 15 is 0 Å². The summed E-state index contributed by atoms with van der Waals surface area (Å²) in [6, 6.07) is 49.4. The molecule has 2 N–H and O–H groups in total. The molecule has 2 amide bonds. The number of alkyl carbamates (subject to hydrolysis) is 2. The Morgan fingerprint density at radius 2 is 0.662 bits per heavy atom. The summed E-state index contributed by atoms with van der Waals surface area (Å²) in [5.74, 6) is 0. The maximum absolute atomic E-state index is 12.7. The number of nitrogens with one attached hydrogen (secondary N) is 2. The van der Waals surface area contributed by atoms with E-state index in [4.69, 9.17) is 56.8 Å². The van der Waals surface area contributed by atoms with E-state index in [0.29, 0.717) is 39.6 Å². The van der Waals surface area contributed by atoms with Crippen LogP contribution in [0.4, 0.5) is 9.59 Å². The van der Waals surface area contributed by atoms with Crippen molar-refractivity contribution in [1.29, 1.82) is 0 Å². The van der Waals surface area contributed by atoms with Gasteiger partial charge in [0.25, 0.3) is 0 Å². The van der Waals surface area contributed by atoms with E-state index < -0.39 is 42.2 Å². The first kappa shape index (κ1) is 61.8. The zero-order chi connectivity index (χ0) is 54.4. The highest BCUT2D eigenvalue weighted by Gasteiger charge is 2.21. The Morgan fingerprint density at radius 1 is 0.403 bits per heavy atom. The molecule has 0 aliphatic rings. The van der Waals surface area contributed by atoms with E-state index in [1.165, 1.54) is 0 Å². The number of hydrogen-bond acceptors (Lipinski definition) is 14. The number of carbonyl (C=O) groups excluding carboxylic acids is 2. The quantitative estimate of drug-likeness (QED) is 0.0281. The summed E-state index contributed by atoms with van der Waals surface area (Å²) in [7, 11) is 0. The van der Waals surface area contributed by atoms with E-state index in [1.807, 2.05) is 152 Å². The molecule has 0 bridgehead atoms. The first-order valence-corrected chi connectivity index (χ1v) is 26.2. The fourth-order valence-electron chi connectivity index (χ4n) is 7.13. The Balaban J connectivity index is 1.18. The number of ether oxygens (including phenoxy) is 12. The van der Waals surface area contributed by atoms with Gasteiger partial charge in [-0.3, -0.25) is 0 Å². The van der Waals surface area contributed by atoms with Gasteiger partial charge in [0.2, 0.25) is 0 Å². The molecule has 418 valence electrons. The lowest BCUT2D eigenvalue weighted by atomic mass is 10.2. The van der Waals surface area contributed by atoms with E-state index in [1.54, 1.807) is 26.8 Å². The van der Waals surface area contributed by atoms with Crippen LogP contribution in [0.3, 0.4) is 0 Å². The van der Waals surface area contributed by atoms with Crippen LogP contribution < -0.4 is 10.6 Å². The van der Waals surface area contributed by atoms with Gasteiger partial charge in [0.1, 0.15) is 42.7 Å². The number of rotatable bonds is 40. The molecule has 0 radical (unpaired) electrons. The summed E-state index contributed by atoms with van der Waals surface area (Å²) in [6.07, 6.45) is -1.87. The molecule has 5 atom stereocenters. The lowest BCUT2D eigenvalue weighted by Crippen LogP contribution is -2.39. The fraction of sp³-hybridized carbons (Fsp3) is 0.443. The van der Waals surface area contributed by atoms with Crippen LogP contribution >= 0.6 is 0 Å². The first-order chi connectivity index (χ1) is 37.6. The Kier molecular flexibility index (Phi) is 30.3. The second-order valence-corrected chi connectivity index (χ2v) is 19.0. The van der Waals surface area contributed by atoms with E-state index in [-0.39, 0.29) is 85.3 Å². The molecule has 5 aromatic rings. The van der Waals surface area contributed by atoms with Crippen molar-refractivity contribution in [2.45, 2.75) is 89.9 Å². The molecule has 0 aromatic heterocycles. The number of carbonyl (C=O) groups is 2. The minimum Gasteiger partial charge on any atom is -0.447 e. The molecule has 0 spiro atoms. The largest absolute Gasteiger partial charge is 0.447 e. The molecule has 0 heterocycles. The van der Waals surface area contributed by atoms with Crippen LogP contribution in [-0.2, 0) is 89.9 Å². The standard InChI is InChI=1S/C61H80N2O14/c1-5-33-66-39-54(71-34-49-21-11-6-12-22-49)40-67-41-55(72-35-50-23-13-7-14-24-50)42-68-43-56(73-36-51-25-15-8-16-26-51)44-69-45-57(74-37-52-27-17-9-18-28-52)46-70-47-58(75-38-53-29-19-10-20-30-53)48-76-59(64)62-31-32-63-60(65)77-61(2,3)4/h5-30,54-58H,1,31-48H2,2-4H3,(H,62,64)(H,63,65). The molecular weight excluding hydrogens is 985 g/mol. The highest BCUT2D eigenvalue weighted by Crippen LogP contribution is 2.13. The fourth-order valence-corrected chi connectivity index (χ4v) is 7.13. The van der Waals surface area contributed by atoms with E-state index in [9.17, 15) is 9.59 Å². The summed E-state index contributed by atoms with van der Waals surface area (Å²) in [5.41, 5.74) is 4.39. The predicted octanol–water partition coefficient (Wildman–Crippen LogP) is 9.43. The zero-order valence-corrected chi connectivity index (χ0v) is 45.0. The van der Waals surface area contributed by atoms with Gasteiger partial charge in [-0.25, -0.2) is 9.59 Å². The summed E-state index contributed by atoms with van der Waals surface area (Å²) in [5, 5.41) is 5.24. The van der Waals surface area contributed by atoms with Gasteiger partial charge in [-0.1, -0.05) is 158 Å². The van der Waals surface area contributed by atoms with Crippen molar-refractivity contribution >= 4 is 12.2 Å². The van der Waals surface area contributed by atoms with Gasteiger partial charge in [-0.2, -0.15) is 0 Å². The number of hydrogen-bond donors (Lipinski definition) is 2. The third-order valence-corrected chi connectivity index (χ3v) is 11.1. The van der Waals surface area contributed by atoms with Gasteiger partial charge in [0.15, 0.2) is 0 Å². The highest BCUT2D eigenvalue weighted by atomic mass is 16.6. The molecule has 0 saturated heterocycles. The van der Waals surface area contributed by atoms with Crippen molar-refractivity contribution in [2.75, 3.05) is 85.8 Å². The summed E-state index contributed by atoms with van der Waals surface area (Å²) < 4.78 is 73.4. The molecule has 5 rings (SSSR count). The van der Waals surface area contributed by atoms with Crippen molar-refractivity contribution < 1.29 is 66.4 Å². The third-order valence-electron chi connectivity index (χ3n) is 11.1. The summed E-state index contributed by atoms with van der Waals surface area (Å²) in [6.45, 7) is 13.3. The topological polar surface area (TPSA) is 169 Å². The molecule has 0 fully saturated rings. The molecule has 16 nitrogen and oxygen atoms in total. The second-order valence-electron chi connectivity index (χ2n) is 19.0. The van der Waals surface area contributed by atoms with Gasteiger partial charge >= 0.3 is 12.2 Å². The normalized spacial score (nSPS) is 13.4. The highest BCUT2D eigenvalue weighted by molar-refractivity contribution is 5.68. The Bertz CT molecular complexity index is 2280. The average Bonchev–Trinajstić information content (AvgIpc) is 3.44. The van der Waals surface area contributed by atoms with Crippen LogP contribution in [0.5, 0.6) is 0 Å². The van der Waals surface area contributed by atoms with Crippen molar-refractivity contribution in [3.05, 3.63) is 192 Å². The van der Waals surface area contributed by atoms with Crippen LogP contribution in [0.1, 0.15) is 48.6 Å². The molecule has 0 saturated carbocycles. The van der Waals surface area contributed by atoms with Crippen LogP contribution in [0.25, 0.3) is 0 Å². The van der Waals surface area contributed by atoms with Gasteiger partial charge in [0, 0.05) is 13.1 Å². The minimum absolute atomic E-state index is 0.0871. The molecule has 16 heteroatoms. The van der Waals surface area contributed by atoms with Crippen molar-refractivity contribution in [3.8, 4) is 0 Å². The van der Waals surface area contributed by atoms with Crippen LogP contribution in [-0.4, -0.2) is 134 Å². The van der Waals surface area contributed by atoms with E-state index in [0.717, 1.165) is 27.8 Å². The molecule has 77 heavy (non-hydrogen) atoms. The third kappa shape index (κ3) is 29.3. The number of benzene rings is 5. The Hall–Kier alpha value is -6.02. The smallest absolute Gasteiger partial charge is 0.407 e. The number of amides is 2. The van der Waals surface area contributed by atoms with Gasteiger partial charge in [0.05, 0.1) is 99.1 Å². The molecule has 5 unspecified atom stereocenters. The van der Waals surface area contributed by atoms with Crippen molar-refractivity contribution in [2.24, 2.45) is 0 Å². The van der Waals surface area contributed by atoms with Crippen molar-refractivity contribution in [3.63, 3.8) is 0 Å². The monoisotopic (exact) mass is 1060 g/mol. The molecular formula is C61H80N2O14. The average molecular weight is 1070 g/mol. The molecule has 0 aliphatic heterocycles. The van der Waals surface area contributed by atoms with Gasteiger partial charge < -0.3 is 67.5 Å². The van der Waals surface area contributed by atoms with Crippen LogP contribution in [0.2, 0.25) is 0 Å². The SMILES string of the molecule is C=CCOCC(COCC(COCC(COCC(COCC(COC(=O)NCCNC(=O)OC(C)(C)C)OCc1ccccc1)OCc1ccccc1)OCc1ccccc1)OCc1ccccc1)OCc1ccccc1. The van der Waals surface area contributed by atoms with E-state index in [2.05, 4.69) is 17.2 Å². The summed E-state index contributed by atoms with van der Waals surface area (Å²) >= 11 is 0. The van der Waals surface area contributed by atoms with Crippen molar-refractivity contribution in [1.82, 2.24) is 10.6 Å². The zero-order valence-electron chi connectivity index (χ0n) is 45.0. The minimum atomic E-state index is -0.669. The maximum atomic E-state index is 12.7. The molecule has 0 aliphatic carbocycles. The lowest BCUT2D eigenvalue weighted by Gasteiger charge is -2.24. The Labute approximate surface area is 455 Å².